The molecule has 0 radical (unpaired) electrons. The molecule has 30 heavy (non-hydrogen) atoms. The van der Waals surface area contributed by atoms with Gasteiger partial charge >= 0.3 is 5.97 Å². The fraction of sp³-hybridized carbons (Fsp3) is 0.458. The third kappa shape index (κ3) is 5.81. The molecule has 0 unspecified atom stereocenters. The highest BCUT2D eigenvalue weighted by molar-refractivity contribution is 5.96. The van der Waals surface area contributed by atoms with Crippen LogP contribution in [0.4, 0.5) is 0 Å². The molecule has 0 aliphatic carbocycles. The number of carbonyl (C=O) groups excluding carboxylic acids is 1. The zero-order valence-corrected chi connectivity index (χ0v) is 18.1. The van der Waals surface area contributed by atoms with Crippen molar-refractivity contribution in [2.75, 3.05) is 0 Å². The van der Waals surface area contributed by atoms with E-state index in [1.807, 2.05) is 37.3 Å². The molecule has 0 saturated carbocycles. The first kappa shape index (κ1) is 23.4. The van der Waals surface area contributed by atoms with Crippen molar-refractivity contribution in [1.82, 2.24) is 9.88 Å². The number of rotatable bonds is 11. The second-order valence-corrected chi connectivity index (χ2v) is 7.50. The van der Waals surface area contributed by atoms with Crippen molar-refractivity contribution >= 4 is 11.9 Å². The molecule has 0 fully saturated rings. The Balaban J connectivity index is 2.39. The van der Waals surface area contributed by atoms with E-state index < -0.39 is 17.9 Å². The summed E-state index contributed by atoms with van der Waals surface area (Å²) in [6.45, 7) is 6.68. The van der Waals surface area contributed by atoms with Gasteiger partial charge in [-0.2, -0.15) is 0 Å². The van der Waals surface area contributed by atoms with Crippen LogP contribution in [0.25, 0.3) is 0 Å². The summed E-state index contributed by atoms with van der Waals surface area (Å²) < 4.78 is 1.72. The van der Waals surface area contributed by atoms with Gasteiger partial charge in [0.25, 0.3) is 11.5 Å². The lowest BCUT2D eigenvalue weighted by Crippen LogP contribution is -2.45. The van der Waals surface area contributed by atoms with E-state index in [-0.39, 0.29) is 17.5 Å². The van der Waals surface area contributed by atoms with Crippen molar-refractivity contribution in [2.24, 2.45) is 0 Å². The molecule has 6 nitrogen and oxygen atoms in total. The molecule has 2 N–H and O–H groups in total. The largest absolute Gasteiger partial charge is 0.480 e. The minimum Gasteiger partial charge on any atom is -0.480 e. The van der Waals surface area contributed by atoms with Crippen LogP contribution in [0.2, 0.25) is 0 Å². The number of carboxylic acids is 1. The number of nitrogens with one attached hydrogen (secondary N) is 1. The molecular weight excluding hydrogens is 380 g/mol. The molecule has 1 atom stereocenters. The maximum Gasteiger partial charge on any atom is 0.326 e. The maximum atomic E-state index is 13.1. The second-order valence-electron chi connectivity index (χ2n) is 7.50. The Hall–Kier alpha value is -2.89. The topological polar surface area (TPSA) is 88.4 Å². The molecule has 1 aromatic carbocycles. The van der Waals surface area contributed by atoms with E-state index in [0.717, 1.165) is 42.5 Å². The highest BCUT2D eigenvalue weighted by Crippen LogP contribution is 2.14. The molecule has 6 heteroatoms. The molecule has 2 aromatic rings. The normalized spacial score (nSPS) is 11.8. The first-order valence-corrected chi connectivity index (χ1v) is 10.8. The van der Waals surface area contributed by atoms with Crippen LogP contribution in [-0.2, 0) is 30.6 Å². The van der Waals surface area contributed by atoms with Gasteiger partial charge in [-0.1, -0.05) is 63.9 Å². The number of pyridine rings is 1. The van der Waals surface area contributed by atoms with Gasteiger partial charge in [0, 0.05) is 18.7 Å². The summed E-state index contributed by atoms with van der Waals surface area (Å²) >= 11 is 0. The highest BCUT2D eigenvalue weighted by atomic mass is 16.4. The average molecular weight is 413 g/mol. The van der Waals surface area contributed by atoms with Gasteiger partial charge in [0.2, 0.25) is 0 Å². The predicted octanol–water partition coefficient (Wildman–Crippen LogP) is 3.59. The van der Waals surface area contributed by atoms with E-state index in [9.17, 15) is 19.5 Å². The van der Waals surface area contributed by atoms with E-state index in [0.29, 0.717) is 13.0 Å². The lowest BCUT2D eigenvalue weighted by atomic mass is 10.0. The van der Waals surface area contributed by atoms with Gasteiger partial charge < -0.3 is 15.0 Å². The van der Waals surface area contributed by atoms with Crippen LogP contribution in [0.15, 0.2) is 41.2 Å². The van der Waals surface area contributed by atoms with Crippen molar-refractivity contribution in [3.05, 3.63) is 69.1 Å². The fourth-order valence-corrected chi connectivity index (χ4v) is 3.60. The molecule has 2 rings (SSSR count). The number of aryl methyl sites for hydroxylation is 1. The summed E-state index contributed by atoms with van der Waals surface area (Å²) in [5.74, 6) is -1.76. The van der Waals surface area contributed by atoms with E-state index >= 15 is 0 Å². The zero-order valence-electron chi connectivity index (χ0n) is 18.1. The van der Waals surface area contributed by atoms with Gasteiger partial charge in [0.05, 0.1) is 0 Å². The zero-order chi connectivity index (χ0) is 22.1. The quantitative estimate of drug-likeness (QED) is 0.590. The van der Waals surface area contributed by atoms with Crippen molar-refractivity contribution in [3.8, 4) is 0 Å². The van der Waals surface area contributed by atoms with Crippen molar-refractivity contribution < 1.29 is 14.7 Å². The number of unbranched alkanes of at least 4 members (excludes halogenated alkanes) is 1. The van der Waals surface area contributed by atoms with Crippen LogP contribution in [0, 0.1) is 0 Å². The Kier molecular flexibility index (Phi) is 8.84. The predicted molar refractivity (Wildman–Crippen MR) is 118 cm³/mol. The monoisotopic (exact) mass is 412 g/mol. The molecule has 0 saturated heterocycles. The van der Waals surface area contributed by atoms with Crippen LogP contribution >= 0.6 is 0 Å². The summed E-state index contributed by atoms with van der Waals surface area (Å²) in [7, 11) is 0. The molecule has 0 aliphatic rings. The summed E-state index contributed by atoms with van der Waals surface area (Å²) in [6, 6.07) is 9.66. The standard InChI is InChI=1S/C24H32N2O4/c1-4-7-14-26-21(11-5-2)18(6-3)16-19(23(26)28)22(27)25-20(24(29)30)15-17-12-9-8-10-13-17/h8-10,12-13,16,20H,4-7,11,14-15H2,1-3H3,(H,25,27)(H,29,30)/t20-/m0/s1. The number of nitrogens with zero attached hydrogens (tertiary/aromatic N) is 1. The minimum absolute atomic E-state index is 0.0158. The smallest absolute Gasteiger partial charge is 0.326 e. The molecule has 1 aromatic heterocycles. The van der Waals surface area contributed by atoms with Crippen molar-refractivity contribution in [1.29, 1.82) is 0 Å². The van der Waals surface area contributed by atoms with E-state index in [1.54, 1.807) is 10.6 Å². The van der Waals surface area contributed by atoms with Crippen molar-refractivity contribution in [2.45, 2.75) is 71.9 Å². The highest BCUT2D eigenvalue weighted by Gasteiger charge is 2.24. The average Bonchev–Trinajstić information content (AvgIpc) is 2.74. The summed E-state index contributed by atoms with van der Waals surface area (Å²) in [4.78, 5) is 37.8. The second kappa shape index (κ2) is 11.3. The van der Waals surface area contributed by atoms with Gasteiger partial charge in [0.15, 0.2) is 0 Å². The Morgan fingerprint density at radius 3 is 2.37 bits per heavy atom. The van der Waals surface area contributed by atoms with Gasteiger partial charge in [0.1, 0.15) is 11.6 Å². The number of carboxylic acid groups (broad SMARTS) is 1. The molecule has 1 amide bonds. The Morgan fingerprint density at radius 1 is 1.10 bits per heavy atom. The van der Waals surface area contributed by atoms with Gasteiger partial charge in [-0.3, -0.25) is 9.59 Å². The number of aromatic nitrogens is 1. The SMILES string of the molecule is CCCCn1c(CCC)c(CC)cc(C(=O)N[C@@H](Cc2ccccc2)C(=O)O)c1=O. The van der Waals surface area contributed by atoms with E-state index in [1.165, 1.54) is 0 Å². The molecular formula is C24H32N2O4. The third-order valence-corrected chi connectivity index (χ3v) is 5.22. The van der Waals surface area contributed by atoms with Gasteiger partial charge in [-0.15, -0.1) is 0 Å². The van der Waals surface area contributed by atoms with Crippen LogP contribution in [0.3, 0.4) is 0 Å². The fourth-order valence-electron chi connectivity index (χ4n) is 3.60. The van der Waals surface area contributed by atoms with Gasteiger partial charge in [-0.05, 0) is 36.5 Å². The van der Waals surface area contributed by atoms with E-state index in [2.05, 4.69) is 19.2 Å². The van der Waals surface area contributed by atoms with Crippen molar-refractivity contribution in [3.63, 3.8) is 0 Å². The summed E-state index contributed by atoms with van der Waals surface area (Å²) in [6.07, 6.45) is 4.32. The Bertz CT molecular complexity index is 919. The van der Waals surface area contributed by atoms with Gasteiger partial charge in [-0.25, -0.2) is 4.79 Å². The minimum atomic E-state index is -1.13. The molecule has 0 aliphatic heterocycles. The molecule has 0 spiro atoms. The number of aliphatic carboxylic acids is 1. The van der Waals surface area contributed by atoms with Crippen LogP contribution in [0.5, 0.6) is 0 Å². The van der Waals surface area contributed by atoms with Crippen LogP contribution < -0.4 is 10.9 Å². The first-order chi connectivity index (χ1) is 14.4. The number of carbonyl (C=O) groups is 2. The lowest BCUT2D eigenvalue weighted by Gasteiger charge is -2.19. The third-order valence-electron chi connectivity index (χ3n) is 5.22. The summed E-state index contributed by atoms with van der Waals surface area (Å²) in [5, 5.41) is 12.1. The summed E-state index contributed by atoms with van der Waals surface area (Å²) in [5.41, 5.74) is 2.42. The molecule has 0 bridgehead atoms. The van der Waals surface area contributed by atoms with Crippen LogP contribution in [0.1, 0.15) is 67.2 Å². The number of benzene rings is 1. The maximum absolute atomic E-state index is 13.1. The number of hydrogen-bond acceptors (Lipinski definition) is 3. The Labute approximate surface area is 177 Å². The Morgan fingerprint density at radius 2 is 1.80 bits per heavy atom. The molecule has 1 heterocycles. The first-order valence-electron chi connectivity index (χ1n) is 10.8. The van der Waals surface area contributed by atoms with Crippen LogP contribution in [-0.4, -0.2) is 27.6 Å². The molecule has 162 valence electrons. The van der Waals surface area contributed by atoms with E-state index in [4.69, 9.17) is 0 Å². The number of amides is 1. The lowest BCUT2D eigenvalue weighted by molar-refractivity contribution is -0.139. The number of hydrogen-bond donors (Lipinski definition) is 2.